The average molecular weight is 316 g/mol. The summed E-state index contributed by atoms with van der Waals surface area (Å²) in [5, 5.41) is 12.0. The molecule has 0 saturated heterocycles. The summed E-state index contributed by atoms with van der Waals surface area (Å²) in [6.07, 6.45) is -3.00. The molecule has 2 N–H and O–H groups in total. The first kappa shape index (κ1) is 16.3. The number of pyridine rings is 1. The van der Waals surface area contributed by atoms with Gasteiger partial charge in [-0.15, -0.1) is 0 Å². The maximum Gasteiger partial charge on any atom is 0.422 e. The molecule has 0 bridgehead atoms. The Labute approximate surface area is 124 Å². The van der Waals surface area contributed by atoms with E-state index in [1.54, 1.807) is 18.2 Å². The number of rotatable bonds is 7. The molecule has 0 aliphatic heterocycles. The highest BCUT2D eigenvalue weighted by atomic mass is 19.4. The molecule has 22 heavy (non-hydrogen) atoms. The number of aliphatic hydroxyl groups is 1. The Bertz CT molecular complexity index is 599. The molecule has 5 nitrogen and oxygen atoms in total. The van der Waals surface area contributed by atoms with E-state index >= 15 is 0 Å². The third kappa shape index (κ3) is 5.38. The van der Waals surface area contributed by atoms with Crippen LogP contribution in [0.1, 0.15) is 17.1 Å². The number of nitrogens with zero attached hydrogens (tertiary/aromatic N) is 1. The molecule has 0 radical (unpaired) electrons. The molecule has 120 valence electrons. The fourth-order valence-corrected chi connectivity index (χ4v) is 1.73. The highest BCUT2D eigenvalue weighted by molar-refractivity contribution is 5.20. The Morgan fingerprint density at radius 1 is 1.18 bits per heavy atom. The Kier molecular flexibility index (Phi) is 5.40. The molecular weight excluding hydrogens is 301 g/mol. The normalized spacial score (nSPS) is 11.6. The van der Waals surface area contributed by atoms with Crippen LogP contribution in [0.25, 0.3) is 0 Å². The van der Waals surface area contributed by atoms with E-state index in [-0.39, 0.29) is 12.5 Å². The topological polar surface area (TPSA) is 67.5 Å². The number of hydrogen-bond donors (Lipinski definition) is 2. The molecule has 0 aromatic carbocycles. The molecule has 0 aliphatic carbocycles. The monoisotopic (exact) mass is 316 g/mol. The first-order valence-electron chi connectivity index (χ1n) is 6.50. The van der Waals surface area contributed by atoms with Gasteiger partial charge in [-0.25, -0.2) is 4.98 Å². The summed E-state index contributed by atoms with van der Waals surface area (Å²) in [6.45, 7) is -0.682. The van der Waals surface area contributed by atoms with Gasteiger partial charge in [-0.05, 0) is 23.8 Å². The number of halogens is 3. The molecule has 0 amide bonds. The number of aromatic nitrogens is 1. The largest absolute Gasteiger partial charge is 0.468 e. The first-order chi connectivity index (χ1) is 10.5. The SMILES string of the molecule is OCc1ccc(CNCc2ccnc(OCC(F)(F)F)c2)o1. The van der Waals surface area contributed by atoms with E-state index in [2.05, 4.69) is 15.0 Å². The molecular formula is C14H15F3N2O3. The van der Waals surface area contributed by atoms with E-state index in [1.807, 2.05) is 0 Å². The van der Waals surface area contributed by atoms with Crippen molar-refractivity contribution in [1.29, 1.82) is 0 Å². The van der Waals surface area contributed by atoms with Gasteiger partial charge in [0.05, 0.1) is 6.54 Å². The smallest absolute Gasteiger partial charge is 0.422 e. The highest BCUT2D eigenvalue weighted by Gasteiger charge is 2.28. The van der Waals surface area contributed by atoms with Gasteiger partial charge >= 0.3 is 6.18 Å². The van der Waals surface area contributed by atoms with Crippen molar-refractivity contribution >= 4 is 0 Å². The number of nitrogens with one attached hydrogen (secondary N) is 1. The lowest BCUT2D eigenvalue weighted by Gasteiger charge is -2.09. The van der Waals surface area contributed by atoms with Crippen molar-refractivity contribution in [3.05, 3.63) is 47.5 Å². The number of ether oxygens (including phenoxy) is 1. The van der Waals surface area contributed by atoms with Crippen molar-refractivity contribution in [3.63, 3.8) is 0 Å². The molecule has 0 fully saturated rings. The fourth-order valence-electron chi connectivity index (χ4n) is 1.73. The maximum atomic E-state index is 12.1. The van der Waals surface area contributed by atoms with Crippen LogP contribution in [0, 0.1) is 0 Å². The molecule has 0 atom stereocenters. The van der Waals surface area contributed by atoms with Crippen molar-refractivity contribution < 1.29 is 27.4 Å². The van der Waals surface area contributed by atoms with E-state index in [1.165, 1.54) is 12.3 Å². The molecule has 0 unspecified atom stereocenters. The second-order valence-electron chi connectivity index (χ2n) is 4.54. The molecule has 0 aliphatic rings. The van der Waals surface area contributed by atoms with Crippen LogP contribution in [-0.4, -0.2) is 22.9 Å². The fraction of sp³-hybridized carbons (Fsp3) is 0.357. The average Bonchev–Trinajstić information content (AvgIpc) is 2.93. The number of aliphatic hydroxyl groups excluding tert-OH is 1. The van der Waals surface area contributed by atoms with Gasteiger partial charge in [0.1, 0.15) is 18.1 Å². The van der Waals surface area contributed by atoms with Crippen LogP contribution in [0.15, 0.2) is 34.9 Å². The van der Waals surface area contributed by atoms with Gasteiger partial charge in [0.2, 0.25) is 5.88 Å². The quantitative estimate of drug-likeness (QED) is 0.821. The van der Waals surface area contributed by atoms with Gasteiger partial charge in [-0.2, -0.15) is 13.2 Å². The van der Waals surface area contributed by atoms with Gasteiger partial charge in [-0.1, -0.05) is 0 Å². The first-order valence-corrected chi connectivity index (χ1v) is 6.50. The predicted molar refractivity (Wildman–Crippen MR) is 71.0 cm³/mol. The Balaban J connectivity index is 1.82. The number of furan rings is 1. The zero-order chi connectivity index (χ0) is 16.0. The molecule has 8 heteroatoms. The Morgan fingerprint density at radius 3 is 2.64 bits per heavy atom. The van der Waals surface area contributed by atoms with Crippen LogP contribution >= 0.6 is 0 Å². The standard InChI is InChI=1S/C14H15F3N2O3/c15-14(16,17)9-21-13-5-10(3-4-19-13)6-18-7-11-1-2-12(8-20)22-11/h1-5,18,20H,6-9H2. The van der Waals surface area contributed by atoms with Crippen LogP contribution in [0.4, 0.5) is 13.2 Å². The van der Waals surface area contributed by atoms with Gasteiger partial charge in [0.25, 0.3) is 0 Å². The summed E-state index contributed by atoms with van der Waals surface area (Å²) in [7, 11) is 0. The van der Waals surface area contributed by atoms with Gasteiger partial charge < -0.3 is 19.6 Å². The lowest BCUT2D eigenvalue weighted by atomic mass is 10.2. The molecule has 0 saturated carbocycles. The van der Waals surface area contributed by atoms with Gasteiger partial charge in [0.15, 0.2) is 6.61 Å². The molecule has 2 heterocycles. The van der Waals surface area contributed by atoms with Gasteiger partial charge in [0, 0.05) is 18.8 Å². The minimum Gasteiger partial charge on any atom is -0.468 e. The second kappa shape index (κ2) is 7.28. The maximum absolute atomic E-state index is 12.1. The Hall–Kier alpha value is -2.06. The minimum absolute atomic E-state index is 0.0720. The van der Waals surface area contributed by atoms with E-state index in [0.717, 1.165) is 5.56 Å². The van der Waals surface area contributed by atoms with Crippen molar-refractivity contribution in [1.82, 2.24) is 10.3 Å². The van der Waals surface area contributed by atoms with E-state index in [4.69, 9.17) is 9.52 Å². The van der Waals surface area contributed by atoms with Crippen LogP contribution in [0.2, 0.25) is 0 Å². The predicted octanol–water partition coefficient (Wildman–Crippen LogP) is 2.40. The van der Waals surface area contributed by atoms with Crippen molar-refractivity contribution in [2.24, 2.45) is 0 Å². The summed E-state index contributed by atoms with van der Waals surface area (Å²) in [5.74, 6) is 1.06. The summed E-state index contributed by atoms with van der Waals surface area (Å²) < 4.78 is 46.1. The van der Waals surface area contributed by atoms with E-state index in [0.29, 0.717) is 24.6 Å². The molecule has 2 rings (SSSR count). The lowest BCUT2D eigenvalue weighted by Crippen LogP contribution is -2.19. The Morgan fingerprint density at radius 2 is 1.95 bits per heavy atom. The zero-order valence-electron chi connectivity index (χ0n) is 11.6. The summed E-state index contributed by atoms with van der Waals surface area (Å²) in [6, 6.07) is 6.53. The van der Waals surface area contributed by atoms with Crippen molar-refractivity contribution in [2.75, 3.05) is 6.61 Å². The van der Waals surface area contributed by atoms with Crippen molar-refractivity contribution in [3.8, 4) is 5.88 Å². The highest BCUT2D eigenvalue weighted by Crippen LogP contribution is 2.17. The summed E-state index contributed by atoms with van der Waals surface area (Å²) >= 11 is 0. The second-order valence-corrected chi connectivity index (χ2v) is 4.54. The number of hydrogen-bond acceptors (Lipinski definition) is 5. The molecule has 0 spiro atoms. The molecule has 2 aromatic rings. The van der Waals surface area contributed by atoms with Crippen LogP contribution in [0.3, 0.4) is 0 Å². The summed E-state index contributed by atoms with van der Waals surface area (Å²) in [5.41, 5.74) is 0.737. The van der Waals surface area contributed by atoms with Crippen LogP contribution in [-0.2, 0) is 19.7 Å². The third-order valence-corrected chi connectivity index (χ3v) is 2.68. The zero-order valence-corrected chi connectivity index (χ0v) is 11.6. The number of alkyl halides is 3. The van der Waals surface area contributed by atoms with Crippen molar-refractivity contribution in [2.45, 2.75) is 25.9 Å². The van der Waals surface area contributed by atoms with Crippen LogP contribution in [0.5, 0.6) is 5.88 Å². The minimum atomic E-state index is -4.39. The van der Waals surface area contributed by atoms with E-state index < -0.39 is 12.8 Å². The lowest BCUT2D eigenvalue weighted by molar-refractivity contribution is -0.154. The molecule has 2 aromatic heterocycles. The third-order valence-electron chi connectivity index (χ3n) is 2.68. The van der Waals surface area contributed by atoms with E-state index in [9.17, 15) is 13.2 Å². The van der Waals surface area contributed by atoms with Crippen LogP contribution < -0.4 is 10.1 Å². The summed E-state index contributed by atoms with van der Waals surface area (Å²) in [4.78, 5) is 3.73. The van der Waals surface area contributed by atoms with Gasteiger partial charge in [-0.3, -0.25) is 0 Å².